The monoisotopic (exact) mass is 497 g/mol. The van der Waals surface area contributed by atoms with Gasteiger partial charge in [0.05, 0.1) is 6.04 Å². The van der Waals surface area contributed by atoms with Crippen LogP contribution in [-0.2, 0) is 17.8 Å². The van der Waals surface area contributed by atoms with Crippen molar-refractivity contribution in [3.63, 3.8) is 0 Å². The fourth-order valence-corrected chi connectivity index (χ4v) is 4.12. The number of nitrogens with one attached hydrogen (secondary N) is 1. The highest BCUT2D eigenvalue weighted by Gasteiger charge is 2.22. The highest BCUT2D eigenvalue weighted by Crippen LogP contribution is 2.29. The summed E-state index contributed by atoms with van der Waals surface area (Å²) in [7, 11) is 0. The summed E-state index contributed by atoms with van der Waals surface area (Å²) in [6.45, 7) is 4.30. The number of aryl methyl sites for hydroxylation is 1. The molecule has 2 N–H and O–H groups in total. The first-order valence-corrected chi connectivity index (χ1v) is 11.9. The molecule has 35 heavy (non-hydrogen) atoms. The number of carboxylic acids is 1. The second-order valence-electron chi connectivity index (χ2n) is 8.81. The number of amides is 1. The van der Waals surface area contributed by atoms with Crippen molar-refractivity contribution < 1.29 is 23.8 Å². The Morgan fingerprint density at radius 1 is 1.06 bits per heavy atom. The van der Waals surface area contributed by atoms with Crippen molar-refractivity contribution in [3.8, 4) is 5.75 Å². The predicted octanol–water partition coefficient (Wildman–Crippen LogP) is 6.59. The highest BCUT2D eigenvalue weighted by atomic mass is 35.5. The molecule has 0 radical (unpaired) electrons. The zero-order valence-electron chi connectivity index (χ0n) is 19.8. The standard InChI is InChI=1S/C28H29ClFNO4/c1-18(2)14-26(23-12-11-21(30)16-25(23)29)31-28(34)24-15-19(8-9-20(24)10-13-27(32)33)17-35-22-6-4-3-5-7-22/h3-9,11-12,15-16,18,26H,10,13-14,17H2,1-2H3,(H,31,34)(H,32,33). The number of aliphatic carboxylic acids is 1. The lowest BCUT2D eigenvalue weighted by Gasteiger charge is -2.23. The van der Waals surface area contributed by atoms with Crippen molar-refractivity contribution in [2.45, 2.75) is 45.8 Å². The SMILES string of the molecule is CC(C)CC(NC(=O)c1cc(COc2ccccc2)ccc1CCC(=O)O)c1ccc(F)cc1Cl. The average Bonchev–Trinajstić information content (AvgIpc) is 2.81. The van der Waals surface area contributed by atoms with Crippen LogP contribution < -0.4 is 10.1 Å². The van der Waals surface area contributed by atoms with E-state index in [1.54, 1.807) is 18.2 Å². The van der Waals surface area contributed by atoms with Gasteiger partial charge in [0, 0.05) is 17.0 Å². The lowest BCUT2D eigenvalue weighted by atomic mass is 9.95. The van der Waals surface area contributed by atoms with Gasteiger partial charge < -0.3 is 15.2 Å². The van der Waals surface area contributed by atoms with E-state index in [2.05, 4.69) is 5.32 Å². The third-order valence-electron chi connectivity index (χ3n) is 5.53. The topological polar surface area (TPSA) is 75.6 Å². The number of halogens is 2. The number of rotatable bonds is 11. The minimum absolute atomic E-state index is 0.0979. The molecule has 0 heterocycles. The van der Waals surface area contributed by atoms with Crippen LogP contribution in [0.1, 0.15) is 59.8 Å². The molecule has 0 saturated heterocycles. The van der Waals surface area contributed by atoms with E-state index in [1.807, 2.05) is 50.2 Å². The van der Waals surface area contributed by atoms with E-state index in [0.29, 0.717) is 28.9 Å². The van der Waals surface area contributed by atoms with Crippen LogP contribution in [0.25, 0.3) is 0 Å². The zero-order chi connectivity index (χ0) is 25.4. The largest absolute Gasteiger partial charge is 0.489 e. The number of benzene rings is 3. The van der Waals surface area contributed by atoms with Gasteiger partial charge in [0.1, 0.15) is 18.2 Å². The Morgan fingerprint density at radius 3 is 2.46 bits per heavy atom. The molecule has 0 fully saturated rings. The zero-order valence-corrected chi connectivity index (χ0v) is 20.5. The molecule has 0 spiro atoms. The van der Waals surface area contributed by atoms with Crippen molar-refractivity contribution in [1.82, 2.24) is 5.32 Å². The van der Waals surface area contributed by atoms with E-state index in [4.69, 9.17) is 21.4 Å². The minimum Gasteiger partial charge on any atom is -0.489 e. The van der Waals surface area contributed by atoms with Gasteiger partial charge in [-0.25, -0.2) is 4.39 Å². The fraction of sp³-hybridized carbons (Fsp3) is 0.286. The van der Waals surface area contributed by atoms with Crippen molar-refractivity contribution in [1.29, 1.82) is 0 Å². The Kier molecular flexibility index (Phi) is 9.26. The predicted molar refractivity (Wildman–Crippen MR) is 134 cm³/mol. The molecule has 3 aromatic carbocycles. The summed E-state index contributed by atoms with van der Waals surface area (Å²) >= 11 is 6.30. The molecule has 0 aliphatic heterocycles. The van der Waals surface area contributed by atoms with Gasteiger partial charge in [0.15, 0.2) is 0 Å². The van der Waals surface area contributed by atoms with Gasteiger partial charge in [0.25, 0.3) is 5.91 Å². The molecule has 7 heteroatoms. The molecule has 0 aromatic heterocycles. The van der Waals surface area contributed by atoms with Gasteiger partial charge in [-0.2, -0.15) is 0 Å². The minimum atomic E-state index is -0.941. The first-order chi connectivity index (χ1) is 16.7. The van der Waals surface area contributed by atoms with E-state index >= 15 is 0 Å². The fourth-order valence-electron chi connectivity index (χ4n) is 3.82. The van der Waals surface area contributed by atoms with Gasteiger partial charge in [0.2, 0.25) is 0 Å². The van der Waals surface area contributed by atoms with Crippen molar-refractivity contribution >= 4 is 23.5 Å². The average molecular weight is 498 g/mol. The van der Waals surface area contributed by atoms with Crippen LogP contribution in [0.5, 0.6) is 5.75 Å². The van der Waals surface area contributed by atoms with Gasteiger partial charge in [-0.05, 0) is 65.8 Å². The Bertz CT molecular complexity index is 1170. The van der Waals surface area contributed by atoms with Crippen molar-refractivity contribution in [3.05, 3.63) is 99.8 Å². The molecule has 0 aliphatic rings. The first-order valence-electron chi connectivity index (χ1n) is 11.5. The third-order valence-corrected chi connectivity index (χ3v) is 5.85. The highest BCUT2D eigenvalue weighted by molar-refractivity contribution is 6.31. The van der Waals surface area contributed by atoms with Crippen LogP contribution in [0.2, 0.25) is 5.02 Å². The summed E-state index contributed by atoms with van der Waals surface area (Å²) in [4.78, 5) is 24.6. The van der Waals surface area contributed by atoms with Crippen molar-refractivity contribution in [2.75, 3.05) is 0 Å². The van der Waals surface area contributed by atoms with Crippen molar-refractivity contribution in [2.24, 2.45) is 5.92 Å². The second-order valence-corrected chi connectivity index (χ2v) is 9.22. The molecule has 3 rings (SSSR count). The molecule has 1 atom stereocenters. The van der Waals surface area contributed by atoms with Crippen LogP contribution in [0.15, 0.2) is 66.7 Å². The summed E-state index contributed by atoms with van der Waals surface area (Å²) in [5, 5.41) is 12.4. The normalized spacial score (nSPS) is 11.8. The van der Waals surface area contributed by atoms with E-state index in [-0.39, 0.29) is 36.3 Å². The number of ether oxygens (including phenoxy) is 1. The molecular formula is C28H29ClFNO4. The third kappa shape index (κ3) is 7.82. The molecule has 3 aromatic rings. The number of carbonyl (C=O) groups is 2. The maximum absolute atomic E-state index is 13.6. The summed E-state index contributed by atoms with van der Waals surface area (Å²) < 4.78 is 19.4. The molecule has 1 amide bonds. The van der Waals surface area contributed by atoms with Crippen LogP contribution in [-0.4, -0.2) is 17.0 Å². The van der Waals surface area contributed by atoms with Crippen LogP contribution in [0.4, 0.5) is 4.39 Å². The van der Waals surface area contributed by atoms with Gasteiger partial charge >= 0.3 is 5.97 Å². The molecule has 0 aliphatic carbocycles. The number of hydrogen-bond acceptors (Lipinski definition) is 3. The number of carboxylic acid groups (broad SMARTS) is 1. The Hall–Kier alpha value is -3.38. The Morgan fingerprint density at radius 2 is 1.80 bits per heavy atom. The lowest BCUT2D eigenvalue weighted by molar-refractivity contribution is -0.136. The van der Waals surface area contributed by atoms with Gasteiger partial charge in [-0.1, -0.05) is 61.8 Å². The van der Waals surface area contributed by atoms with E-state index in [9.17, 15) is 14.0 Å². The molecule has 1 unspecified atom stereocenters. The summed E-state index contributed by atoms with van der Waals surface area (Å²) in [5.74, 6) is -0.799. The molecule has 184 valence electrons. The molecule has 0 saturated carbocycles. The smallest absolute Gasteiger partial charge is 0.303 e. The quantitative estimate of drug-likeness (QED) is 0.313. The number of para-hydroxylation sites is 1. The maximum atomic E-state index is 13.6. The number of hydrogen-bond donors (Lipinski definition) is 2. The van der Waals surface area contributed by atoms with E-state index in [1.165, 1.54) is 12.1 Å². The summed E-state index contributed by atoms with van der Waals surface area (Å²) in [5.41, 5.74) is 2.42. The summed E-state index contributed by atoms with van der Waals surface area (Å²) in [6.07, 6.45) is 0.710. The van der Waals surface area contributed by atoms with Gasteiger partial charge in [-0.3, -0.25) is 9.59 Å². The van der Waals surface area contributed by atoms with E-state index < -0.39 is 17.8 Å². The van der Waals surface area contributed by atoms with Crippen LogP contribution in [0.3, 0.4) is 0 Å². The van der Waals surface area contributed by atoms with Crippen LogP contribution in [0, 0.1) is 11.7 Å². The Labute approximate surface area is 209 Å². The van der Waals surface area contributed by atoms with Gasteiger partial charge in [-0.15, -0.1) is 0 Å². The Balaban J connectivity index is 1.88. The molecular weight excluding hydrogens is 469 g/mol. The molecule has 0 bridgehead atoms. The van der Waals surface area contributed by atoms with Crippen LogP contribution >= 0.6 is 11.6 Å². The second kappa shape index (κ2) is 12.4. The maximum Gasteiger partial charge on any atom is 0.303 e. The molecule has 5 nitrogen and oxygen atoms in total. The lowest BCUT2D eigenvalue weighted by Crippen LogP contribution is -2.30. The summed E-state index contributed by atoms with van der Waals surface area (Å²) in [6, 6.07) is 18.4. The number of carbonyl (C=O) groups excluding carboxylic acids is 1. The first kappa shape index (κ1) is 26.2. The van der Waals surface area contributed by atoms with E-state index in [0.717, 1.165) is 5.56 Å².